The molecule has 0 spiro atoms. The molecule has 0 radical (unpaired) electrons. The maximum absolute atomic E-state index is 6.57. The highest BCUT2D eigenvalue weighted by Gasteiger charge is 2.35. The Balaban J connectivity index is 2.25. The van der Waals surface area contributed by atoms with Crippen LogP contribution in [0.25, 0.3) is 10.9 Å². The van der Waals surface area contributed by atoms with Crippen molar-refractivity contribution >= 4 is 10.9 Å². The Labute approximate surface area is 128 Å². The van der Waals surface area contributed by atoms with E-state index in [1.54, 1.807) is 0 Å². The van der Waals surface area contributed by atoms with Crippen LogP contribution in [-0.2, 0) is 6.42 Å². The summed E-state index contributed by atoms with van der Waals surface area (Å²) < 4.78 is 0. The molecule has 114 valence electrons. The number of nitrogens with zero attached hydrogens (tertiary/aromatic N) is 2. The van der Waals surface area contributed by atoms with Crippen molar-refractivity contribution in [3.8, 4) is 0 Å². The third kappa shape index (κ3) is 3.09. The van der Waals surface area contributed by atoms with Gasteiger partial charge in [0.1, 0.15) is 0 Å². The summed E-state index contributed by atoms with van der Waals surface area (Å²) in [5.74, 6) is 0. The van der Waals surface area contributed by atoms with Crippen LogP contribution in [0.1, 0.15) is 32.4 Å². The number of hydrogen-bond donors (Lipinski definition) is 1. The molecule has 0 aliphatic heterocycles. The Kier molecular flexibility index (Phi) is 4.96. The van der Waals surface area contributed by atoms with E-state index in [2.05, 4.69) is 57.1 Å². The Bertz CT molecular complexity index is 588. The quantitative estimate of drug-likeness (QED) is 0.886. The second-order valence-electron chi connectivity index (χ2n) is 6.01. The minimum absolute atomic E-state index is 0.0350. The zero-order valence-electron chi connectivity index (χ0n) is 13.6. The van der Waals surface area contributed by atoms with E-state index >= 15 is 0 Å². The number of pyridine rings is 1. The Morgan fingerprint density at radius 2 is 1.76 bits per heavy atom. The fraction of sp³-hybridized carbons (Fsp3) is 0.500. The van der Waals surface area contributed by atoms with Crippen molar-refractivity contribution in [1.29, 1.82) is 0 Å². The fourth-order valence-electron chi connectivity index (χ4n) is 3.38. The van der Waals surface area contributed by atoms with Gasteiger partial charge in [-0.15, -0.1) is 0 Å². The minimum atomic E-state index is 0.0350. The number of likely N-dealkylation sites (N-methyl/N-ethyl adjacent to an activating group) is 1. The molecule has 1 aromatic heterocycles. The molecule has 1 heterocycles. The van der Waals surface area contributed by atoms with Gasteiger partial charge in [-0.25, -0.2) is 0 Å². The number of rotatable bonds is 6. The molecule has 2 aromatic rings. The number of aromatic nitrogens is 1. The van der Waals surface area contributed by atoms with Crippen LogP contribution < -0.4 is 5.73 Å². The number of nitrogens with two attached hydrogens (primary N) is 1. The monoisotopic (exact) mass is 285 g/mol. The van der Waals surface area contributed by atoms with Crippen molar-refractivity contribution in [1.82, 2.24) is 9.88 Å². The first-order valence-corrected chi connectivity index (χ1v) is 7.81. The first-order chi connectivity index (χ1) is 10.0. The van der Waals surface area contributed by atoms with Gasteiger partial charge in [0.05, 0.1) is 5.52 Å². The van der Waals surface area contributed by atoms with Gasteiger partial charge < -0.3 is 10.6 Å². The van der Waals surface area contributed by atoms with E-state index in [9.17, 15) is 0 Å². The first kappa shape index (κ1) is 15.9. The second kappa shape index (κ2) is 6.54. The second-order valence-corrected chi connectivity index (χ2v) is 6.01. The van der Waals surface area contributed by atoms with Crippen LogP contribution in [0.4, 0.5) is 0 Å². The summed E-state index contributed by atoms with van der Waals surface area (Å²) in [4.78, 5) is 7.03. The highest BCUT2D eigenvalue weighted by atomic mass is 15.2. The van der Waals surface area contributed by atoms with Gasteiger partial charge in [0.2, 0.25) is 0 Å². The molecule has 0 aliphatic rings. The van der Waals surface area contributed by atoms with E-state index in [4.69, 9.17) is 10.7 Å². The summed E-state index contributed by atoms with van der Waals surface area (Å²) in [5, 5.41) is 1.18. The summed E-state index contributed by atoms with van der Waals surface area (Å²) in [7, 11) is 4.25. The van der Waals surface area contributed by atoms with Crippen LogP contribution in [0, 0.1) is 0 Å². The molecule has 1 aromatic carbocycles. The molecule has 2 rings (SSSR count). The van der Waals surface area contributed by atoms with Gasteiger partial charge in [-0.1, -0.05) is 38.1 Å². The van der Waals surface area contributed by atoms with E-state index < -0.39 is 0 Å². The lowest BCUT2D eigenvalue weighted by Gasteiger charge is -2.43. The van der Waals surface area contributed by atoms with Crippen molar-refractivity contribution in [3.05, 3.63) is 42.1 Å². The lowest BCUT2D eigenvalue weighted by atomic mass is 9.81. The van der Waals surface area contributed by atoms with E-state index in [0.29, 0.717) is 0 Å². The Morgan fingerprint density at radius 3 is 2.38 bits per heavy atom. The molecule has 21 heavy (non-hydrogen) atoms. The number of hydrogen-bond acceptors (Lipinski definition) is 3. The molecule has 1 atom stereocenters. The zero-order chi connectivity index (χ0) is 15.5. The maximum atomic E-state index is 6.57. The maximum Gasteiger partial charge on any atom is 0.0705 e. The summed E-state index contributed by atoms with van der Waals surface area (Å²) in [6.07, 6.45) is 2.90. The van der Waals surface area contributed by atoms with Crippen LogP contribution in [0.3, 0.4) is 0 Å². The minimum Gasteiger partial charge on any atom is -0.326 e. The van der Waals surface area contributed by atoms with Crippen molar-refractivity contribution in [2.45, 2.75) is 44.7 Å². The summed E-state index contributed by atoms with van der Waals surface area (Å²) in [6, 6.07) is 12.5. The van der Waals surface area contributed by atoms with Crippen molar-refractivity contribution in [2.24, 2.45) is 5.73 Å². The predicted molar refractivity (Wildman–Crippen MR) is 90.4 cm³/mol. The SMILES string of the molecule is CCC(CC)(C(N)Cc1ccc2ccccc2n1)N(C)C. The van der Waals surface area contributed by atoms with Crippen LogP contribution in [0.2, 0.25) is 0 Å². The molecular formula is C18H27N3. The molecule has 2 N–H and O–H groups in total. The number of benzene rings is 1. The molecule has 0 fully saturated rings. The molecule has 0 aliphatic carbocycles. The highest BCUT2D eigenvalue weighted by Crippen LogP contribution is 2.26. The number of fused-ring (bicyclic) bond motifs is 1. The summed E-state index contributed by atoms with van der Waals surface area (Å²) in [6.45, 7) is 4.44. The molecule has 3 nitrogen and oxygen atoms in total. The van der Waals surface area contributed by atoms with Gasteiger partial charge in [0.15, 0.2) is 0 Å². The Morgan fingerprint density at radius 1 is 1.10 bits per heavy atom. The van der Waals surface area contributed by atoms with Crippen LogP contribution in [0.5, 0.6) is 0 Å². The molecule has 0 saturated heterocycles. The van der Waals surface area contributed by atoms with Crippen molar-refractivity contribution in [2.75, 3.05) is 14.1 Å². The molecule has 0 amide bonds. The van der Waals surface area contributed by atoms with Gasteiger partial charge in [0.25, 0.3) is 0 Å². The van der Waals surface area contributed by atoms with E-state index in [1.807, 2.05) is 12.1 Å². The van der Waals surface area contributed by atoms with Crippen molar-refractivity contribution < 1.29 is 0 Å². The largest absolute Gasteiger partial charge is 0.326 e. The zero-order valence-corrected chi connectivity index (χ0v) is 13.6. The lowest BCUT2D eigenvalue weighted by Crippen LogP contribution is -2.57. The topological polar surface area (TPSA) is 42.1 Å². The van der Waals surface area contributed by atoms with Gasteiger partial charge >= 0.3 is 0 Å². The Hall–Kier alpha value is -1.45. The average Bonchev–Trinajstić information content (AvgIpc) is 2.48. The molecule has 3 heteroatoms. The van der Waals surface area contributed by atoms with Crippen LogP contribution >= 0.6 is 0 Å². The third-order valence-corrected chi connectivity index (χ3v) is 4.89. The van der Waals surface area contributed by atoms with Crippen LogP contribution in [0.15, 0.2) is 36.4 Å². The number of para-hydroxylation sites is 1. The highest BCUT2D eigenvalue weighted by molar-refractivity contribution is 5.78. The van der Waals surface area contributed by atoms with Gasteiger partial charge in [-0.3, -0.25) is 4.98 Å². The lowest BCUT2D eigenvalue weighted by molar-refractivity contribution is 0.105. The van der Waals surface area contributed by atoms with Crippen LogP contribution in [-0.4, -0.2) is 35.6 Å². The van der Waals surface area contributed by atoms with Gasteiger partial charge in [-0.05, 0) is 39.1 Å². The summed E-state index contributed by atoms with van der Waals surface area (Å²) in [5.41, 5.74) is 8.73. The molecule has 1 unspecified atom stereocenters. The summed E-state index contributed by atoms with van der Waals surface area (Å²) >= 11 is 0. The smallest absolute Gasteiger partial charge is 0.0705 e. The fourth-order valence-corrected chi connectivity index (χ4v) is 3.38. The third-order valence-electron chi connectivity index (χ3n) is 4.89. The van der Waals surface area contributed by atoms with Gasteiger partial charge in [-0.2, -0.15) is 0 Å². The van der Waals surface area contributed by atoms with E-state index in [1.165, 1.54) is 5.39 Å². The first-order valence-electron chi connectivity index (χ1n) is 7.81. The normalized spacial score (nSPS) is 13.8. The van der Waals surface area contributed by atoms with E-state index in [-0.39, 0.29) is 11.6 Å². The van der Waals surface area contributed by atoms with E-state index in [0.717, 1.165) is 30.5 Å². The molecule has 0 bridgehead atoms. The van der Waals surface area contributed by atoms with Gasteiger partial charge in [0, 0.05) is 29.1 Å². The average molecular weight is 285 g/mol. The standard InChI is InChI=1S/C18H27N3/c1-5-18(6-2,21(3)4)17(19)13-15-12-11-14-9-7-8-10-16(14)20-15/h7-12,17H,5-6,13,19H2,1-4H3. The molecular weight excluding hydrogens is 258 g/mol. The van der Waals surface area contributed by atoms with Crippen molar-refractivity contribution in [3.63, 3.8) is 0 Å². The molecule has 0 saturated carbocycles. The predicted octanol–water partition coefficient (Wildman–Crippen LogP) is 3.23.